The summed E-state index contributed by atoms with van der Waals surface area (Å²) in [6, 6.07) is 9.62. The van der Waals surface area contributed by atoms with E-state index in [0.29, 0.717) is 37.3 Å². The van der Waals surface area contributed by atoms with Gasteiger partial charge in [0, 0.05) is 30.9 Å². The van der Waals surface area contributed by atoms with Crippen LogP contribution in [0.4, 0.5) is 5.69 Å². The highest BCUT2D eigenvalue weighted by Gasteiger charge is 2.14. The molecule has 0 aliphatic heterocycles. The number of anilines is 1. The molecular weight excluding hydrogens is 370 g/mol. The summed E-state index contributed by atoms with van der Waals surface area (Å²) in [6.45, 7) is 2.89. The molecule has 0 saturated heterocycles. The van der Waals surface area contributed by atoms with Crippen LogP contribution in [0.1, 0.15) is 34.3 Å². The Morgan fingerprint density at radius 1 is 1.11 bits per heavy atom. The molecule has 8 nitrogen and oxygen atoms in total. The molecule has 27 heavy (non-hydrogen) atoms. The molecule has 0 aliphatic carbocycles. The second kappa shape index (κ2) is 9.33. The van der Waals surface area contributed by atoms with Crippen LogP contribution in [0.2, 0.25) is 0 Å². The van der Waals surface area contributed by atoms with Gasteiger partial charge in [-0.1, -0.05) is 6.92 Å². The van der Waals surface area contributed by atoms with Gasteiger partial charge in [-0.2, -0.15) is 0 Å². The molecule has 1 aromatic heterocycles. The first-order valence-corrected chi connectivity index (χ1v) is 10.3. The molecule has 0 spiro atoms. The van der Waals surface area contributed by atoms with E-state index < -0.39 is 10.0 Å². The van der Waals surface area contributed by atoms with Crippen LogP contribution in [0.25, 0.3) is 0 Å². The number of carbonyl (C=O) groups excluding carboxylic acids is 2. The van der Waals surface area contributed by atoms with Crippen molar-refractivity contribution in [2.75, 3.05) is 31.2 Å². The van der Waals surface area contributed by atoms with Crippen molar-refractivity contribution in [1.29, 1.82) is 0 Å². The van der Waals surface area contributed by atoms with Crippen molar-refractivity contribution in [3.8, 4) is 0 Å². The van der Waals surface area contributed by atoms with Gasteiger partial charge in [0.1, 0.15) is 0 Å². The lowest BCUT2D eigenvalue weighted by molar-refractivity contribution is 0.0952. The second-order valence-corrected chi connectivity index (χ2v) is 7.86. The zero-order valence-corrected chi connectivity index (χ0v) is 16.1. The van der Waals surface area contributed by atoms with Crippen LogP contribution >= 0.6 is 0 Å². The Kier molecular flexibility index (Phi) is 7.14. The van der Waals surface area contributed by atoms with Gasteiger partial charge in [0.2, 0.25) is 10.0 Å². The number of amides is 2. The van der Waals surface area contributed by atoms with Crippen molar-refractivity contribution in [3.05, 3.63) is 54.0 Å². The van der Waals surface area contributed by atoms with Crippen molar-refractivity contribution < 1.29 is 22.4 Å². The Labute approximate surface area is 158 Å². The summed E-state index contributed by atoms with van der Waals surface area (Å²) >= 11 is 0. The largest absolute Gasteiger partial charge is 0.459 e. The third kappa shape index (κ3) is 6.22. The first-order valence-electron chi connectivity index (χ1n) is 8.49. The van der Waals surface area contributed by atoms with Gasteiger partial charge in [0.05, 0.1) is 12.5 Å². The molecular formula is C18H23N3O5S. The summed E-state index contributed by atoms with van der Waals surface area (Å²) < 4.78 is 29.4. The van der Waals surface area contributed by atoms with E-state index in [1.807, 2.05) is 0 Å². The molecule has 0 aliphatic rings. The van der Waals surface area contributed by atoms with Crippen LogP contribution in [-0.4, -0.2) is 50.4 Å². The number of furan rings is 1. The normalized spacial score (nSPS) is 11.4. The number of benzene rings is 1. The SMILES string of the molecule is CCN(CCCNC(=O)c1ccc(NC(=O)c2ccco2)cc1)S(C)(=O)=O. The van der Waals surface area contributed by atoms with Crippen molar-refractivity contribution in [1.82, 2.24) is 9.62 Å². The Bertz CT molecular complexity index is 861. The minimum Gasteiger partial charge on any atom is -0.459 e. The van der Waals surface area contributed by atoms with Crippen LogP contribution in [0.15, 0.2) is 47.1 Å². The fraction of sp³-hybridized carbons (Fsp3) is 0.333. The van der Waals surface area contributed by atoms with Gasteiger partial charge in [0.25, 0.3) is 11.8 Å². The minimum absolute atomic E-state index is 0.201. The van der Waals surface area contributed by atoms with Gasteiger partial charge < -0.3 is 15.1 Å². The molecule has 2 amide bonds. The fourth-order valence-corrected chi connectivity index (χ4v) is 3.35. The summed E-state index contributed by atoms with van der Waals surface area (Å²) in [6.07, 6.45) is 3.10. The monoisotopic (exact) mass is 393 g/mol. The molecule has 1 heterocycles. The zero-order valence-electron chi connectivity index (χ0n) is 15.3. The highest BCUT2D eigenvalue weighted by Crippen LogP contribution is 2.12. The van der Waals surface area contributed by atoms with Crippen LogP contribution in [0.5, 0.6) is 0 Å². The van der Waals surface area contributed by atoms with E-state index in [1.165, 1.54) is 16.8 Å². The minimum atomic E-state index is -3.22. The summed E-state index contributed by atoms with van der Waals surface area (Å²) in [7, 11) is -3.22. The Morgan fingerprint density at radius 2 is 1.81 bits per heavy atom. The van der Waals surface area contributed by atoms with Crippen LogP contribution in [-0.2, 0) is 10.0 Å². The molecule has 1 aromatic carbocycles. The predicted octanol–water partition coefficient (Wildman–Crippen LogP) is 1.93. The van der Waals surface area contributed by atoms with Crippen LogP contribution < -0.4 is 10.6 Å². The Balaban J connectivity index is 1.80. The molecule has 2 aromatic rings. The highest BCUT2D eigenvalue weighted by atomic mass is 32.2. The number of hydrogen-bond donors (Lipinski definition) is 2. The van der Waals surface area contributed by atoms with Crippen LogP contribution in [0, 0.1) is 0 Å². The van der Waals surface area contributed by atoms with Gasteiger partial charge in [-0.05, 0) is 42.8 Å². The first-order chi connectivity index (χ1) is 12.8. The molecule has 2 N–H and O–H groups in total. The Morgan fingerprint density at radius 3 is 2.37 bits per heavy atom. The number of rotatable bonds is 9. The smallest absolute Gasteiger partial charge is 0.291 e. The standard InChI is InChI=1S/C18H23N3O5S/c1-3-21(27(2,24)25)12-5-11-19-17(22)14-7-9-15(10-8-14)20-18(23)16-6-4-13-26-16/h4,6-10,13H,3,5,11-12H2,1-2H3,(H,19,22)(H,20,23). The zero-order chi connectivity index (χ0) is 19.9. The lowest BCUT2D eigenvalue weighted by Gasteiger charge is -2.17. The molecule has 0 radical (unpaired) electrons. The number of nitrogens with one attached hydrogen (secondary N) is 2. The van der Waals surface area contributed by atoms with E-state index in [2.05, 4.69) is 10.6 Å². The average Bonchev–Trinajstić information content (AvgIpc) is 3.16. The van der Waals surface area contributed by atoms with Crippen molar-refractivity contribution in [3.63, 3.8) is 0 Å². The molecule has 9 heteroatoms. The van der Waals surface area contributed by atoms with Gasteiger partial charge in [-0.3, -0.25) is 9.59 Å². The van der Waals surface area contributed by atoms with Gasteiger partial charge >= 0.3 is 0 Å². The first kappa shape index (κ1) is 20.7. The van der Waals surface area contributed by atoms with E-state index in [1.54, 1.807) is 43.3 Å². The third-order valence-corrected chi connectivity index (χ3v) is 5.22. The van der Waals surface area contributed by atoms with E-state index in [-0.39, 0.29) is 17.6 Å². The molecule has 0 unspecified atom stereocenters. The molecule has 0 atom stereocenters. The van der Waals surface area contributed by atoms with E-state index in [4.69, 9.17) is 4.42 Å². The fourth-order valence-electron chi connectivity index (χ4n) is 2.42. The average molecular weight is 393 g/mol. The van der Waals surface area contributed by atoms with E-state index >= 15 is 0 Å². The van der Waals surface area contributed by atoms with Gasteiger partial charge in [0.15, 0.2) is 5.76 Å². The highest BCUT2D eigenvalue weighted by molar-refractivity contribution is 7.88. The summed E-state index contributed by atoms with van der Waals surface area (Å²) in [5, 5.41) is 5.42. The summed E-state index contributed by atoms with van der Waals surface area (Å²) in [5.74, 6) is -0.433. The van der Waals surface area contributed by atoms with Crippen molar-refractivity contribution in [2.45, 2.75) is 13.3 Å². The molecule has 0 saturated carbocycles. The van der Waals surface area contributed by atoms with Gasteiger partial charge in [-0.15, -0.1) is 0 Å². The summed E-state index contributed by atoms with van der Waals surface area (Å²) in [5.41, 5.74) is 0.987. The topological polar surface area (TPSA) is 109 Å². The van der Waals surface area contributed by atoms with Gasteiger partial charge in [-0.25, -0.2) is 12.7 Å². The molecule has 0 bridgehead atoms. The lowest BCUT2D eigenvalue weighted by Crippen LogP contribution is -2.33. The lowest BCUT2D eigenvalue weighted by atomic mass is 10.2. The summed E-state index contributed by atoms with van der Waals surface area (Å²) in [4.78, 5) is 24.0. The number of nitrogens with zero attached hydrogens (tertiary/aromatic N) is 1. The van der Waals surface area contributed by atoms with E-state index in [0.717, 1.165) is 0 Å². The molecule has 0 fully saturated rings. The maximum absolute atomic E-state index is 12.1. The maximum atomic E-state index is 12.1. The van der Waals surface area contributed by atoms with Crippen LogP contribution in [0.3, 0.4) is 0 Å². The van der Waals surface area contributed by atoms with Crippen molar-refractivity contribution in [2.24, 2.45) is 0 Å². The number of carbonyl (C=O) groups is 2. The van der Waals surface area contributed by atoms with Crippen molar-refractivity contribution >= 4 is 27.5 Å². The maximum Gasteiger partial charge on any atom is 0.291 e. The number of sulfonamides is 1. The number of hydrogen-bond acceptors (Lipinski definition) is 5. The predicted molar refractivity (Wildman–Crippen MR) is 102 cm³/mol. The third-order valence-electron chi connectivity index (χ3n) is 3.84. The molecule has 2 rings (SSSR count). The van der Waals surface area contributed by atoms with E-state index in [9.17, 15) is 18.0 Å². The second-order valence-electron chi connectivity index (χ2n) is 5.87. The Hall–Kier alpha value is -2.65. The molecule has 146 valence electrons. The quantitative estimate of drug-likeness (QED) is 0.633.